The first-order chi connectivity index (χ1) is 15.1. The van der Waals surface area contributed by atoms with Gasteiger partial charge in [0, 0.05) is 17.2 Å². The second-order valence-electron chi connectivity index (χ2n) is 10.7. The van der Waals surface area contributed by atoms with Crippen LogP contribution in [0.4, 0.5) is 5.69 Å². The molecule has 0 aromatic heterocycles. The second-order valence-corrected chi connectivity index (χ2v) is 12.6. The molecular formula is C26H38N2O4S. The Hall–Kier alpha value is -2.54. The Morgan fingerprint density at radius 2 is 1.64 bits per heavy atom. The van der Waals surface area contributed by atoms with Gasteiger partial charge in [-0.15, -0.1) is 0 Å². The van der Waals surface area contributed by atoms with Gasteiger partial charge in [-0.2, -0.15) is 0 Å². The number of nitrogens with one attached hydrogen (secondary N) is 1. The fraction of sp³-hybridized carbons (Fsp3) is 0.500. The molecule has 0 fully saturated rings. The summed E-state index contributed by atoms with van der Waals surface area (Å²) in [5, 5.41) is 3.10. The number of nitrogens with zero attached hydrogens (tertiary/aromatic N) is 1. The van der Waals surface area contributed by atoms with Crippen molar-refractivity contribution in [2.24, 2.45) is 5.41 Å². The van der Waals surface area contributed by atoms with E-state index in [0.717, 1.165) is 12.0 Å². The number of amides is 1. The molecule has 0 aliphatic carbocycles. The molecule has 33 heavy (non-hydrogen) atoms. The molecule has 0 aliphatic rings. The summed E-state index contributed by atoms with van der Waals surface area (Å²) in [4.78, 5) is 12.8. The van der Waals surface area contributed by atoms with Gasteiger partial charge in [-0.1, -0.05) is 39.0 Å². The van der Waals surface area contributed by atoms with Gasteiger partial charge in [-0.3, -0.25) is 9.10 Å². The van der Waals surface area contributed by atoms with Crippen molar-refractivity contribution in [3.8, 4) is 5.75 Å². The van der Waals surface area contributed by atoms with Crippen LogP contribution < -0.4 is 14.4 Å². The van der Waals surface area contributed by atoms with E-state index in [0.29, 0.717) is 17.0 Å². The normalized spacial score (nSPS) is 12.5. The lowest BCUT2D eigenvalue weighted by Crippen LogP contribution is -2.45. The summed E-state index contributed by atoms with van der Waals surface area (Å²) >= 11 is 0. The number of sulfonamides is 1. The summed E-state index contributed by atoms with van der Waals surface area (Å²) in [7, 11) is -3.53. The first-order valence-electron chi connectivity index (χ1n) is 11.2. The molecule has 0 spiro atoms. The van der Waals surface area contributed by atoms with Crippen molar-refractivity contribution in [3.05, 3.63) is 59.7 Å². The zero-order valence-corrected chi connectivity index (χ0v) is 21.9. The van der Waals surface area contributed by atoms with E-state index in [4.69, 9.17) is 4.74 Å². The number of hydrogen-bond donors (Lipinski definition) is 1. The van der Waals surface area contributed by atoms with Gasteiger partial charge in [-0.25, -0.2) is 8.42 Å². The zero-order chi connectivity index (χ0) is 25.0. The molecule has 7 heteroatoms. The van der Waals surface area contributed by atoms with Crippen molar-refractivity contribution in [1.29, 1.82) is 0 Å². The molecule has 0 saturated carbocycles. The maximum atomic E-state index is 12.8. The Bertz CT molecular complexity index is 1050. The lowest BCUT2D eigenvalue weighted by Gasteiger charge is -2.33. The molecule has 1 N–H and O–H groups in total. The smallest absolute Gasteiger partial charge is 0.251 e. The van der Waals surface area contributed by atoms with Gasteiger partial charge >= 0.3 is 0 Å². The van der Waals surface area contributed by atoms with Crippen LogP contribution in [0.25, 0.3) is 0 Å². The van der Waals surface area contributed by atoms with Crippen LogP contribution in [0.3, 0.4) is 0 Å². The Morgan fingerprint density at radius 1 is 1.03 bits per heavy atom. The Morgan fingerprint density at radius 3 is 2.15 bits per heavy atom. The Labute approximate surface area is 199 Å². The number of benzene rings is 2. The van der Waals surface area contributed by atoms with E-state index in [9.17, 15) is 13.2 Å². The number of anilines is 1. The third-order valence-corrected chi connectivity index (χ3v) is 5.98. The third kappa shape index (κ3) is 8.72. The minimum Gasteiger partial charge on any atom is -0.491 e. The van der Waals surface area contributed by atoms with Crippen molar-refractivity contribution in [1.82, 2.24) is 5.32 Å². The molecular weight excluding hydrogens is 436 g/mol. The Balaban J connectivity index is 2.19. The van der Waals surface area contributed by atoms with E-state index in [-0.39, 0.29) is 29.5 Å². The van der Waals surface area contributed by atoms with Gasteiger partial charge in [-0.05, 0) is 69.4 Å². The lowest BCUT2D eigenvalue weighted by molar-refractivity contribution is 0.0891. The monoisotopic (exact) mass is 474 g/mol. The number of carbonyl (C=O) groups excluding carboxylic acids is 1. The first kappa shape index (κ1) is 26.7. The summed E-state index contributed by atoms with van der Waals surface area (Å²) in [6.07, 6.45) is 2.01. The van der Waals surface area contributed by atoms with Gasteiger partial charge < -0.3 is 10.1 Å². The topological polar surface area (TPSA) is 75.7 Å². The van der Waals surface area contributed by atoms with Crippen molar-refractivity contribution in [3.63, 3.8) is 0 Å². The molecule has 0 saturated heterocycles. The predicted octanol–water partition coefficient (Wildman–Crippen LogP) is 5.38. The summed E-state index contributed by atoms with van der Waals surface area (Å²) in [6.45, 7) is 14.5. The van der Waals surface area contributed by atoms with E-state index in [1.165, 1.54) is 10.6 Å². The van der Waals surface area contributed by atoms with Crippen molar-refractivity contribution < 1.29 is 17.9 Å². The average molecular weight is 475 g/mol. The largest absolute Gasteiger partial charge is 0.491 e. The van der Waals surface area contributed by atoms with E-state index in [2.05, 4.69) is 26.1 Å². The lowest BCUT2D eigenvalue weighted by atomic mass is 9.81. The molecule has 1 amide bonds. The molecule has 0 bridgehead atoms. The van der Waals surface area contributed by atoms with E-state index in [1.807, 2.05) is 27.7 Å². The van der Waals surface area contributed by atoms with Crippen molar-refractivity contribution >= 4 is 21.6 Å². The number of rotatable bonds is 9. The van der Waals surface area contributed by atoms with Crippen LogP contribution in [0, 0.1) is 5.41 Å². The van der Waals surface area contributed by atoms with Crippen LogP contribution in [-0.2, 0) is 16.6 Å². The summed E-state index contributed by atoms with van der Waals surface area (Å²) in [6, 6.07) is 14.1. The molecule has 182 valence electrons. The summed E-state index contributed by atoms with van der Waals surface area (Å²) < 4.78 is 32.1. The van der Waals surface area contributed by atoms with Gasteiger partial charge in [0.05, 0.1) is 24.6 Å². The van der Waals surface area contributed by atoms with E-state index < -0.39 is 10.0 Å². The van der Waals surface area contributed by atoms with Crippen LogP contribution >= 0.6 is 0 Å². The highest BCUT2D eigenvalue weighted by Gasteiger charge is 2.27. The predicted molar refractivity (Wildman–Crippen MR) is 135 cm³/mol. The van der Waals surface area contributed by atoms with Crippen molar-refractivity contribution in [2.75, 3.05) is 10.6 Å². The van der Waals surface area contributed by atoms with Crippen molar-refractivity contribution in [2.45, 2.75) is 73.1 Å². The molecule has 0 aliphatic heterocycles. The number of ether oxygens (including phenoxy) is 1. The molecule has 0 unspecified atom stereocenters. The van der Waals surface area contributed by atoms with Crippen LogP contribution in [0.15, 0.2) is 48.5 Å². The summed E-state index contributed by atoms with van der Waals surface area (Å²) in [5.74, 6) is 0.468. The molecule has 0 heterocycles. The van der Waals surface area contributed by atoms with Crippen LogP contribution in [0.1, 0.15) is 70.8 Å². The molecule has 0 atom stereocenters. The number of hydrogen-bond acceptors (Lipinski definition) is 4. The highest BCUT2D eigenvalue weighted by atomic mass is 32.2. The SMILES string of the molecule is CC(C)Oc1cccc(N(Cc2ccc(C(=O)NC(C)(C)CC(C)(C)C)cc2)S(C)(=O)=O)c1. The number of carbonyl (C=O) groups is 1. The second kappa shape index (κ2) is 10.2. The average Bonchev–Trinajstić information content (AvgIpc) is 2.63. The maximum absolute atomic E-state index is 12.8. The van der Waals surface area contributed by atoms with Gasteiger partial charge in [0.1, 0.15) is 5.75 Å². The van der Waals surface area contributed by atoms with Gasteiger partial charge in [0.25, 0.3) is 5.91 Å². The minimum absolute atomic E-state index is 0.0148. The third-order valence-electron chi connectivity index (χ3n) is 4.84. The molecule has 2 rings (SSSR count). The summed E-state index contributed by atoms with van der Waals surface area (Å²) in [5.41, 5.74) is 1.60. The molecule has 2 aromatic rings. The minimum atomic E-state index is -3.53. The quantitative estimate of drug-likeness (QED) is 0.529. The maximum Gasteiger partial charge on any atom is 0.251 e. The van der Waals surface area contributed by atoms with Crippen LogP contribution in [-0.4, -0.2) is 32.2 Å². The highest BCUT2D eigenvalue weighted by molar-refractivity contribution is 7.92. The van der Waals surface area contributed by atoms with Gasteiger partial charge in [0.2, 0.25) is 10.0 Å². The fourth-order valence-electron chi connectivity index (χ4n) is 4.06. The van der Waals surface area contributed by atoms with Crippen LogP contribution in [0.5, 0.6) is 5.75 Å². The first-order valence-corrected chi connectivity index (χ1v) is 13.1. The van der Waals surface area contributed by atoms with E-state index in [1.54, 1.807) is 48.5 Å². The molecule has 0 radical (unpaired) electrons. The van der Waals surface area contributed by atoms with Crippen LogP contribution in [0.2, 0.25) is 0 Å². The Kier molecular flexibility index (Phi) is 8.22. The van der Waals surface area contributed by atoms with E-state index >= 15 is 0 Å². The molecule has 2 aromatic carbocycles. The molecule has 6 nitrogen and oxygen atoms in total. The van der Waals surface area contributed by atoms with Gasteiger partial charge in [0.15, 0.2) is 0 Å². The zero-order valence-electron chi connectivity index (χ0n) is 21.1. The fourth-order valence-corrected chi connectivity index (χ4v) is 4.94. The standard InChI is InChI=1S/C26H38N2O4S/c1-19(2)32-23-11-9-10-22(16-23)28(33(8,30)31)17-20-12-14-21(15-13-20)24(29)27-26(6,7)18-25(3,4)5/h9-16,19H,17-18H2,1-8H3,(H,27,29). The highest BCUT2D eigenvalue weighted by Crippen LogP contribution is 2.28.